The number of rotatable bonds is 4. The molecule has 0 bridgehead atoms. The van der Waals surface area contributed by atoms with Crippen molar-refractivity contribution >= 4 is 0 Å². The third kappa shape index (κ3) is 3.32. The van der Waals surface area contributed by atoms with E-state index in [0.717, 1.165) is 37.2 Å². The van der Waals surface area contributed by atoms with Gasteiger partial charge in [0.15, 0.2) is 0 Å². The predicted molar refractivity (Wildman–Crippen MR) is 90.2 cm³/mol. The molecule has 0 aromatic carbocycles. The second kappa shape index (κ2) is 6.54. The highest BCUT2D eigenvalue weighted by Gasteiger charge is 2.44. The Hall–Kier alpha value is -0.910. The minimum atomic E-state index is 0.458. The SMILES string of the molecule is Cc1cc(CN2C[C@H]3[C@H](CN4CCCCC4)CO[C@H]3C2)n(C)n1. The summed E-state index contributed by atoms with van der Waals surface area (Å²) in [6.07, 6.45) is 4.64. The standard InChI is InChI=1S/C18H30N4O/c1-14-8-16(20(2)19-14)10-22-11-17-15(13-23-18(17)12-22)9-21-6-4-3-5-7-21/h8,15,17-18H,3-7,9-13H2,1-2H3/t15-,17+,18+/m1/s1. The molecule has 128 valence electrons. The van der Waals surface area contributed by atoms with Gasteiger partial charge in [-0.1, -0.05) is 6.42 Å². The fourth-order valence-electron chi connectivity index (χ4n) is 4.71. The molecule has 3 aliphatic rings. The van der Waals surface area contributed by atoms with Gasteiger partial charge in [0.05, 0.1) is 24.1 Å². The summed E-state index contributed by atoms with van der Waals surface area (Å²) < 4.78 is 8.17. The van der Waals surface area contributed by atoms with E-state index in [4.69, 9.17) is 4.74 Å². The number of likely N-dealkylation sites (tertiary alicyclic amines) is 2. The maximum absolute atomic E-state index is 6.14. The Kier molecular flexibility index (Phi) is 4.43. The number of hydrogen-bond acceptors (Lipinski definition) is 4. The topological polar surface area (TPSA) is 33.5 Å². The van der Waals surface area contributed by atoms with Crippen LogP contribution in [-0.2, 0) is 18.3 Å². The lowest BCUT2D eigenvalue weighted by molar-refractivity contribution is 0.0887. The monoisotopic (exact) mass is 318 g/mol. The molecule has 4 heterocycles. The van der Waals surface area contributed by atoms with Crippen LogP contribution in [0.2, 0.25) is 0 Å². The highest BCUT2D eigenvalue weighted by Crippen LogP contribution is 2.35. The summed E-state index contributed by atoms with van der Waals surface area (Å²) in [5.41, 5.74) is 2.43. The van der Waals surface area contributed by atoms with Crippen molar-refractivity contribution in [3.05, 3.63) is 17.5 Å². The molecule has 5 heteroatoms. The number of fused-ring (bicyclic) bond motifs is 1. The average molecular weight is 318 g/mol. The Balaban J connectivity index is 1.34. The fraction of sp³-hybridized carbons (Fsp3) is 0.833. The van der Waals surface area contributed by atoms with Crippen molar-refractivity contribution in [3.8, 4) is 0 Å². The third-order valence-electron chi connectivity index (χ3n) is 5.94. The molecule has 0 saturated carbocycles. The van der Waals surface area contributed by atoms with Crippen LogP contribution < -0.4 is 0 Å². The zero-order valence-electron chi connectivity index (χ0n) is 14.6. The van der Waals surface area contributed by atoms with Crippen LogP contribution >= 0.6 is 0 Å². The highest BCUT2D eigenvalue weighted by atomic mass is 16.5. The number of nitrogens with zero attached hydrogens (tertiary/aromatic N) is 4. The lowest BCUT2D eigenvalue weighted by atomic mass is 9.92. The molecule has 4 rings (SSSR count). The van der Waals surface area contributed by atoms with Crippen molar-refractivity contribution in [1.82, 2.24) is 19.6 Å². The maximum atomic E-state index is 6.14. The Morgan fingerprint density at radius 1 is 1.17 bits per heavy atom. The molecule has 0 unspecified atom stereocenters. The zero-order chi connectivity index (χ0) is 15.8. The summed E-state index contributed by atoms with van der Waals surface area (Å²) in [7, 11) is 2.05. The van der Waals surface area contributed by atoms with Gasteiger partial charge in [-0.15, -0.1) is 0 Å². The van der Waals surface area contributed by atoms with Crippen molar-refractivity contribution in [2.24, 2.45) is 18.9 Å². The largest absolute Gasteiger partial charge is 0.376 e. The first-order chi connectivity index (χ1) is 11.2. The van der Waals surface area contributed by atoms with Crippen LogP contribution in [0, 0.1) is 18.8 Å². The van der Waals surface area contributed by atoms with E-state index in [1.807, 2.05) is 4.68 Å². The van der Waals surface area contributed by atoms with Crippen LogP contribution in [-0.4, -0.2) is 65.0 Å². The molecule has 0 N–H and O–H groups in total. The van der Waals surface area contributed by atoms with E-state index in [1.54, 1.807) is 0 Å². The lowest BCUT2D eigenvalue weighted by Gasteiger charge is -2.30. The van der Waals surface area contributed by atoms with Crippen molar-refractivity contribution < 1.29 is 4.74 Å². The molecule has 0 amide bonds. The van der Waals surface area contributed by atoms with E-state index in [-0.39, 0.29) is 0 Å². The van der Waals surface area contributed by atoms with E-state index >= 15 is 0 Å². The third-order valence-corrected chi connectivity index (χ3v) is 5.94. The van der Waals surface area contributed by atoms with E-state index in [2.05, 4.69) is 34.9 Å². The smallest absolute Gasteiger partial charge is 0.0746 e. The van der Waals surface area contributed by atoms with Gasteiger partial charge in [0, 0.05) is 45.1 Å². The second-order valence-electron chi connectivity index (χ2n) is 7.75. The summed E-state index contributed by atoms with van der Waals surface area (Å²) in [6, 6.07) is 2.21. The first-order valence-electron chi connectivity index (χ1n) is 9.25. The Bertz CT molecular complexity index is 537. The van der Waals surface area contributed by atoms with Crippen LogP contribution in [0.3, 0.4) is 0 Å². The van der Waals surface area contributed by atoms with E-state index in [0.29, 0.717) is 6.10 Å². The summed E-state index contributed by atoms with van der Waals surface area (Å²) in [6.45, 7) is 10.2. The van der Waals surface area contributed by atoms with Gasteiger partial charge < -0.3 is 9.64 Å². The van der Waals surface area contributed by atoms with Crippen LogP contribution in [0.1, 0.15) is 30.7 Å². The molecule has 3 saturated heterocycles. The van der Waals surface area contributed by atoms with Crippen molar-refractivity contribution in [1.29, 1.82) is 0 Å². The number of aryl methyl sites for hydroxylation is 2. The van der Waals surface area contributed by atoms with Gasteiger partial charge in [-0.25, -0.2) is 0 Å². The molecular weight excluding hydrogens is 288 g/mol. The number of hydrogen-bond donors (Lipinski definition) is 0. The van der Waals surface area contributed by atoms with E-state index in [1.165, 1.54) is 51.1 Å². The summed E-state index contributed by atoms with van der Waals surface area (Å²) in [5.74, 6) is 1.46. The van der Waals surface area contributed by atoms with Gasteiger partial charge in [-0.3, -0.25) is 9.58 Å². The first kappa shape index (κ1) is 15.6. The van der Waals surface area contributed by atoms with Gasteiger partial charge in [0.1, 0.15) is 0 Å². The van der Waals surface area contributed by atoms with Crippen molar-refractivity contribution in [2.45, 2.75) is 38.8 Å². The van der Waals surface area contributed by atoms with Crippen LogP contribution in [0.4, 0.5) is 0 Å². The molecule has 5 nitrogen and oxygen atoms in total. The van der Waals surface area contributed by atoms with Gasteiger partial charge in [-0.2, -0.15) is 5.10 Å². The zero-order valence-corrected chi connectivity index (χ0v) is 14.6. The molecule has 3 fully saturated rings. The molecule has 0 aliphatic carbocycles. The van der Waals surface area contributed by atoms with Gasteiger partial charge >= 0.3 is 0 Å². The molecule has 0 spiro atoms. The Labute approximate surface area is 139 Å². The minimum Gasteiger partial charge on any atom is -0.376 e. The predicted octanol–water partition coefficient (Wildman–Crippen LogP) is 1.66. The van der Waals surface area contributed by atoms with Gasteiger partial charge in [-0.05, 0) is 38.9 Å². The maximum Gasteiger partial charge on any atom is 0.0746 e. The fourth-order valence-corrected chi connectivity index (χ4v) is 4.71. The van der Waals surface area contributed by atoms with E-state index < -0.39 is 0 Å². The number of aromatic nitrogens is 2. The normalized spacial score (nSPS) is 32.5. The molecule has 3 aliphatic heterocycles. The summed E-state index contributed by atoms with van der Waals surface area (Å²) >= 11 is 0. The molecule has 23 heavy (non-hydrogen) atoms. The van der Waals surface area contributed by atoms with Crippen molar-refractivity contribution in [2.75, 3.05) is 39.3 Å². The van der Waals surface area contributed by atoms with Gasteiger partial charge in [0.25, 0.3) is 0 Å². The van der Waals surface area contributed by atoms with Gasteiger partial charge in [0.2, 0.25) is 0 Å². The second-order valence-corrected chi connectivity index (χ2v) is 7.75. The Morgan fingerprint density at radius 2 is 2.00 bits per heavy atom. The van der Waals surface area contributed by atoms with Crippen LogP contribution in [0.5, 0.6) is 0 Å². The average Bonchev–Trinajstić information content (AvgIpc) is 3.18. The summed E-state index contributed by atoms with van der Waals surface area (Å²) in [5, 5.41) is 4.47. The molecule has 3 atom stereocenters. The molecule has 1 aromatic rings. The van der Waals surface area contributed by atoms with Crippen molar-refractivity contribution in [3.63, 3.8) is 0 Å². The highest BCUT2D eigenvalue weighted by molar-refractivity contribution is 5.09. The molecular formula is C18H30N4O. The Morgan fingerprint density at radius 3 is 2.74 bits per heavy atom. The molecule has 0 radical (unpaired) electrons. The minimum absolute atomic E-state index is 0.458. The number of ether oxygens (including phenoxy) is 1. The lowest BCUT2D eigenvalue weighted by Crippen LogP contribution is -2.37. The quantitative estimate of drug-likeness (QED) is 0.845. The summed E-state index contributed by atoms with van der Waals surface area (Å²) in [4.78, 5) is 5.24. The number of piperidine rings is 1. The van der Waals surface area contributed by atoms with Crippen LogP contribution in [0.25, 0.3) is 0 Å². The molecule has 1 aromatic heterocycles. The van der Waals surface area contributed by atoms with E-state index in [9.17, 15) is 0 Å². The first-order valence-corrected chi connectivity index (χ1v) is 9.25. The van der Waals surface area contributed by atoms with Crippen LogP contribution in [0.15, 0.2) is 6.07 Å².